The van der Waals surface area contributed by atoms with E-state index in [-0.39, 0.29) is 18.5 Å². The van der Waals surface area contributed by atoms with E-state index in [1.165, 1.54) is 4.57 Å². The van der Waals surface area contributed by atoms with Crippen LogP contribution in [-0.4, -0.2) is 21.4 Å². The van der Waals surface area contributed by atoms with Gasteiger partial charge in [0.1, 0.15) is 6.54 Å². The van der Waals surface area contributed by atoms with Crippen LogP contribution >= 0.6 is 0 Å². The van der Waals surface area contributed by atoms with Gasteiger partial charge < -0.3 is 9.32 Å². The second kappa shape index (κ2) is 6.00. The number of carbonyl (C=O) groups excluding carboxylic acids is 1. The molecule has 122 valence electrons. The van der Waals surface area contributed by atoms with Crippen molar-refractivity contribution in [2.75, 3.05) is 0 Å². The van der Waals surface area contributed by atoms with Crippen LogP contribution in [0.2, 0.25) is 0 Å². The normalized spacial score (nSPS) is 14.0. The molecule has 1 fully saturated rings. The van der Waals surface area contributed by atoms with Gasteiger partial charge in [0.2, 0.25) is 5.91 Å². The maximum Gasteiger partial charge on any atom is 0.420 e. The first-order valence-corrected chi connectivity index (χ1v) is 8.14. The second-order valence-corrected chi connectivity index (χ2v) is 6.16. The Morgan fingerprint density at radius 1 is 1.08 bits per heavy atom. The van der Waals surface area contributed by atoms with Crippen LogP contribution in [0.25, 0.3) is 11.1 Å². The zero-order valence-corrected chi connectivity index (χ0v) is 13.2. The molecule has 0 atom stereocenters. The minimum Gasteiger partial charge on any atom is -0.408 e. The van der Waals surface area contributed by atoms with Gasteiger partial charge in [0, 0.05) is 12.6 Å². The number of rotatable bonds is 5. The molecular formula is C19H18N2O3. The van der Waals surface area contributed by atoms with Gasteiger partial charge in [-0.3, -0.25) is 9.36 Å². The van der Waals surface area contributed by atoms with Gasteiger partial charge in [-0.2, -0.15) is 0 Å². The zero-order valence-electron chi connectivity index (χ0n) is 13.2. The Labute approximate surface area is 139 Å². The minimum absolute atomic E-state index is 0.0131. The van der Waals surface area contributed by atoms with Gasteiger partial charge in [0.05, 0.1) is 5.52 Å². The molecule has 0 spiro atoms. The van der Waals surface area contributed by atoms with Gasteiger partial charge in [-0.15, -0.1) is 0 Å². The lowest BCUT2D eigenvalue weighted by Crippen LogP contribution is -2.36. The average molecular weight is 322 g/mol. The molecule has 0 radical (unpaired) electrons. The van der Waals surface area contributed by atoms with Crippen LogP contribution in [0.15, 0.2) is 63.8 Å². The van der Waals surface area contributed by atoms with E-state index in [1.54, 1.807) is 12.1 Å². The van der Waals surface area contributed by atoms with Gasteiger partial charge in [-0.25, -0.2) is 4.79 Å². The lowest BCUT2D eigenvalue weighted by molar-refractivity contribution is -0.133. The number of nitrogens with zero attached hydrogens (tertiary/aromatic N) is 2. The van der Waals surface area contributed by atoms with Crippen molar-refractivity contribution in [1.82, 2.24) is 9.47 Å². The van der Waals surface area contributed by atoms with Crippen molar-refractivity contribution in [3.63, 3.8) is 0 Å². The summed E-state index contributed by atoms with van der Waals surface area (Å²) in [7, 11) is 0. The molecule has 0 N–H and O–H groups in total. The quantitative estimate of drug-likeness (QED) is 0.726. The standard InChI is InChI=1S/C19H18N2O3/c22-18(13-21-16-8-4-5-9-17(16)24-19(21)23)20(15-10-11-15)12-14-6-2-1-3-7-14/h1-9,15H,10-13H2. The van der Waals surface area contributed by atoms with E-state index in [1.807, 2.05) is 47.4 Å². The number of fused-ring (bicyclic) bond motifs is 1. The Morgan fingerprint density at radius 2 is 1.79 bits per heavy atom. The molecule has 5 heteroatoms. The van der Waals surface area contributed by atoms with E-state index in [4.69, 9.17) is 4.42 Å². The Kier molecular flexibility index (Phi) is 3.69. The monoisotopic (exact) mass is 322 g/mol. The van der Waals surface area contributed by atoms with Gasteiger partial charge >= 0.3 is 5.76 Å². The lowest BCUT2D eigenvalue weighted by Gasteiger charge is -2.22. The highest BCUT2D eigenvalue weighted by Gasteiger charge is 2.33. The summed E-state index contributed by atoms with van der Waals surface area (Å²) < 4.78 is 6.63. The van der Waals surface area contributed by atoms with Crippen molar-refractivity contribution >= 4 is 17.0 Å². The molecule has 0 saturated heterocycles. The molecule has 4 rings (SSSR count). The van der Waals surface area contributed by atoms with Crippen LogP contribution in [0, 0.1) is 0 Å². The Balaban J connectivity index is 1.59. The first-order chi connectivity index (χ1) is 11.7. The fraction of sp³-hybridized carbons (Fsp3) is 0.263. The molecule has 1 aromatic heterocycles. The van der Waals surface area contributed by atoms with E-state index in [0.717, 1.165) is 18.4 Å². The number of oxazole rings is 1. The van der Waals surface area contributed by atoms with Gasteiger partial charge in [-0.05, 0) is 30.5 Å². The fourth-order valence-electron chi connectivity index (χ4n) is 2.98. The predicted octanol–water partition coefficient (Wildman–Crippen LogP) is 2.79. The summed E-state index contributed by atoms with van der Waals surface area (Å²) in [6.45, 7) is 0.591. The SMILES string of the molecule is O=C(Cn1c(=O)oc2ccccc21)N(Cc1ccccc1)C1CC1. The highest BCUT2D eigenvalue weighted by molar-refractivity contribution is 5.80. The molecule has 3 aromatic rings. The maximum absolute atomic E-state index is 12.8. The summed E-state index contributed by atoms with van der Waals surface area (Å²) in [6, 6.07) is 17.4. The zero-order chi connectivity index (χ0) is 16.5. The molecule has 1 aliphatic carbocycles. The predicted molar refractivity (Wildman–Crippen MR) is 90.5 cm³/mol. The molecule has 1 heterocycles. The van der Waals surface area contributed by atoms with Crippen molar-refractivity contribution in [2.24, 2.45) is 0 Å². The average Bonchev–Trinajstić information content (AvgIpc) is 3.39. The molecule has 2 aromatic carbocycles. The van der Waals surface area contributed by atoms with Gasteiger partial charge in [0.25, 0.3) is 0 Å². The van der Waals surface area contributed by atoms with Gasteiger partial charge in [-0.1, -0.05) is 42.5 Å². The highest BCUT2D eigenvalue weighted by Crippen LogP contribution is 2.28. The van der Waals surface area contributed by atoms with Crippen molar-refractivity contribution in [3.05, 3.63) is 70.7 Å². The second-order valence-electron chi connectivity index (χ2n) is 6.16. The summed E-state index contributed by atoms with van der Waals surface area (Å²) >= 11 is 0. The number of para-hydroxylation sites is 2. The molecule has 5 nitrogen and oxygen atoms in total. The fourth-order valence-corrected chi connectivity index (χ4v) is 2.98. The van der Waals surface area contributed by atoms with Crippen molar-refractivity contribution in [2.45, 2.75) is 32.0 Å². The van der Waals surface area contributed by atoms with E-state index in [0.29, 0.717) is 17.6 Å². The first kappa shape index (κ1) is 14.8. The summed E-state index contributed by atoms with van der Waals surface area (Å²) in [5, 5.41) is 0. The lowest BCUT2D eigenvalue weighted by atomic mass is 10.2. The van der Waals surface area contributed by atoms with Crippen LogP contribution in [-0.2, 0) is 17.9 Å². The van der Waals surface area contributed by atoms with Crippen LogP contribution in [0.5, 0.6) is 0 Å². The molecular weight excluding hydrogens is 304 g/mol. The van der Waals surface area contributed by atoms with Gasteiger partial charge in [0.15, 0.2) is 5.58 Å². The molecule has 24 heavy (non-hydrogen) atoms. The summed E-state index contributed by atoms with van der Waals surface area (Å²) in [4.78, 5) is 26.8. The third kappa shape index (κ3) is 2.85. The number of carbonyl (C=O) groups is 1. The molecule has 1 saturated carbocycles. The number of aromatic nitrogens is 1. The Bertz CT molecular complexity index is 922. The molecule has 1 aliphatic rings. The van der Waals surface area contributed by atoms with Crippen molar-refractivity contribution in [1.29, 1.82) is 0 Å². The number of amides is 1. The van der Waals surface area contributed by atoms with Crippen LogP contribution in [0.4, 0.5) is 0 Å². The van der Waals surface area contributed by atoms with E-state index in [2.05, 4.69) is 0 Å². The third-order valence-electron chi connectivity index (χ3n) is 4.37. The molecule has 1 amide bonds. The summed E-state index contributed by atoms with van der Waals surface area (Å²) in [5.74, 6) is -0.532. The van der Waals surface area contributed by atoms with E-state index in [9.17, 15) is 9.59 Å². The summed E-state index contributed by atoms with van der Waals surface area (Å²) in [5.41, 5.74) is 2.27. The smallest absolute Gasteiger partial charge is 0.408 e. The largest absolute Gasteiger partial charge is 0.420 e. The van der Waals surface area contributed by atoms with Crippen molar-refractivity contribution in [3.8, 4) is 0 Å². The van der Waals surface area contributed by atoms with Crippen LogP contribution in [0.1, 0.15) is 18.4 Å². The highest BCUT2D eigenvalue weighted by atomic mass is 16.4. The molecule has 0 bridgehead atoms. The topological polar surface area (TPSA) is 55.5 Å². The Hall–Kier alpha value is -2.82. The van der Waals surface area contributed by atoms with Crippen LogP contribution < -0.4 is 5.76 Å². The minimum atomic E-state index is -0.486. The third-order valence-corrected chi connectivity index (χ3v) is 4.37. The number of hydrogen-bond acceptors (Lipinski definition) is 3. The Morgan fingerprint density at radius 3 is 2.54 bits per heavy atom. The first-order valence-electron chi connectivity index (χ1n) is 8.14. The van der Waals surface area contributed by atoms with Crippen LogP contribution in [0.3, 0.4) is 0 Å². The van der Waals surface area contributed by atoms with E-state index < -0.39 is 5.76 Å². The number of benzene rings is 2. The summed E-state index contributed by atoms with van der Waals surface area (Å²) in [6.07, 6.45) is 2.05. The molecule has 0 unspecified atom stereocenters. The molecule has 0 aliphatic heterocycles. The number of hydrogen-bond donors (Lipinski definition) is 0. The maximum atomic E-state index is 12.8. The van der Waals surface area contributed by atoms with Crippen molar-refractivity contribution < 1.29 is 9.21 Å². The van der Waals surface area contributed by atoms with E-state index >= 15 is 0 Å².